The molecule has 3 fully saturated rings. The molecule has 0 unspecified atom stereocenters. The van der Waals surface area contributed by atoms with E-state index >= 15 is 0 Å². The number of likely N-dealkylation sites (tertiary alicyclic amines) is 1. The van der Waals surface area contributed by atoms with Crippen molar-refractivity contribution in [2.75, 3.05) is 47.8 Å². The number of hydrogen-bond acceptors (Lipinski definition) is 9. The fourth-order valence-corrected chi connectivity index (χ4v) is 7.14. The van der Waals surface area contributed by atoms with Crippen molar-refractivity contribution in [2.24, 2.45) is 0 Å². The number of anilines is 4. The zero-order valence-corrected chi connectivity index (χ0v) is 23.2. The van der Waals surface area contributed by atoms with Gasteiger partial charge in [0, 0.05) is 73.5 Å². The second kappa shape index (κ2) is 9.98. The average molecular weight is 545 g/mol. The number of pyridine rings is 1. The Morgan fingerprint density at radius 3 is 2.69 bits per heavy atom. The molecule has 4 aromatic rings. The molecule has 2 bridgehead atoms. The predicted molar refractivity (Wildman–Crippen MR) is 156 cm³/mol. The molecule has 0 amide bonds. The number of piperazine rings is 1. The van der Waals surface area contributed by atoms with Crippen LogP contribution >= 0.6 is 11.3 Å². The number of nitrogens with one attached hydrogen (secondary N) is 1. The summed E-state index contributed by atoms with van der Waals surface area (Å²) in [5.74, 6) is 2.26. The van der Waals surface area contributed by atoms with Gasteiger partial charge in [-0.25, -0.2) is 19.3 Å². The van der Waals surface area contributed by atoms with Gasteiger partial charge in [0.1, 0.15) is 22.8 Å². The van der Waals surface area contributed by atoms with Gasteiger partial charge in [-0.2, -0.15) is 4.98 Å². The molecule has 3 saturated heterocycles. The molecule has 3 aliphatic heterocycles. The fourth-order valence-electron chi connectivity index (χ4n) is 6.23. The molecule has 0 saturated carbocycles. The van der Waals surface area contributed by atoms with Crippen LogP contribution in [0.4, 0.5) is 27.7 Å². The number of benzene rings is 1. The van der Waals surface area contributed by atoms with E-state index in [1.165, 1.54) is 6.42 Å². The van der Waals surface area contributed by atoms with Gasteiger partial charge in [-0.3, -0.25) is 4.90 Å². The Bertz CT molecular complexity index is 1500. The van der Waals surface area contributed by atoms with Crippen LogP contribution in [0.3, 0.4) is 0 Å². The van der Waals surface area contributed by atoms with Gasteiger partial charge in [0.05, 0.1) is 10.2 Å². The summed E-state index contributed by atoms with van der Waals surface area (Å²) < 4.78 is 14.7. The highest BCUT2D eigenvalue weighted by molar-refractivity contribution is 7.21. The molecule has 3 aliphatic rings. The van der Waals surface area contributed by atoms with E-state index in [2.05, 4.69) is 56.2 Å². The number of hydrogen-bond donors (Lipinski definition) is 1. The van der Waals surface area contributed by atoms with Crippen molar-refractivity contribution in [3.8, 4) is 10.6 Å². The third-order valence-electron chi connectivity index (χ3n) is 8.27. The Morgan fingerprint density at radius 1 is 1.03 bits per heavy atom. The summed E-state index contributed by atoms with van der Waals surface area (Å²) >= 11 is 1.64. The van der Waals surface area contributed by atoms with E-state index in [0.717, 1.165) is 76.7 Å². The quantitative estimate of drug-likeness (QED) is 0.345. The zero-order valence-electron chi connectivity index (χ0n) is 22.3. The summed E-state index contributed by atoms with van der Waals surface area (Å²) in [5, 5.41) is 4.35. The van der Waals surface area contributed by atoms with Crippen LogP contribution in [0.2, 0.25) is 0 Å². The van der Waals surface area contributed by atoms with Gasteiger partial charge in [0.15, 0.2) is 0 Å². The Kier molecular flexibility index (Phi) is 6.31. The van der Waals surface area contributed by atoms with Crippen LogP contribution in [0, 0.1) is 6.92 Å². The Labute approximate surface area is 231 Å². The third kappa shape index (κ3) is 4.80. The molecule has 0 aliphatic carbocycles. The summed E-state index contributed by atoms with van der Waals surface area (Å²) in [6.07, 6.45) is 3.58. The average Bonchev–Trinajstić information content (AvgIpc) is 3.67. The molecule has 6 heterocycles. The van der Waals surface area contributed by atoms with E-state index < -0.39 is 6.17 Å². The van der Waals surface area contributed by atoms with Crippen LogP contribution in [0.15, 0.2) is 42.6 Å². The van der Waals surface area contributed by atoms with Crippen molar-refractivity contribution in [3.05, 3.63) is 48.3 Å². The summed E-state index contributed by atoms with van der Waals surface area (Å²) in [6.45, 7) is 8.94. The van der Waals surface area contributed by atoms with E-state index in [-0.39, 0.29) is 0 Å². The van der Waals surface area contributed by atoms with Gasteiger partial charge in [-0.1, -0.05) is 19.1 Å². The van der Waals surface area contributed by atoms with E-state index in [4.69, 9.17) is 15.0 Å². The van der Waals surface area contributed by atoms with E-state index in [9.17, 15) is 4.39 Å². The van der Waals surface area contributed by atoms with Gasteiger partial charge in [-0.15, -0.1) is 11.3 Å². The molecule has 202 valence electrons. The molecule has 0 radical (unpaired) electrons. The SMILES string of the molecule is CCN1C[C@@H]2C[C@H]1CN2c1nc(C)cc(Nc2cc3nc(-c4cccc(N5CCC(F)CC5)c4)sc3cn2)n1. The largest absolute Gasteiger partial charge is 0.371 e. The Balaban J connectivity index is 1.10. The first kappa shape index (κ1) is 24.7. The van der Waals surface area contributed by atoms with Crippen molar-refractivity contribution in [1.29, 1.82) is 0 Å². The zero-order chi connectivity index (χ0) is 26.5. The van der Waals surface area contributed by atoms with E-state index in [1.54, 1.807) is 11.3 Å². The maximum atomic E-state index is 13.6. The number of thiazole rings is 1. The summed E-state index contributed by atoms with van der Waals surface area (Å²) in [5.41, 5.74) is 4.04. The van der Waals surface area contributed by atoms with Crippen LogP contribution < -0.4 is 15.1 Å². The maximum absolute atomic E-state index is 13.6. The van der Waals surface area contributed by atoms with Crippen molar-refractivity contribution >= 4 is 44.8 Å². The van der Waals surface area contributed by atoms with Crippen molar-refractivity contribution in [1.82, 2.24) is 24.8 Å². The second-order valence-corrected chi connectivity index (χ2v) is 11.9. The molecule has 39 heavy (non-hydrogen) atoms. The minimum atomic E-state index is -0.677. The summed E-state index contributed by atoms with van der Waals surface area (Å²) in [7, 11) is 0. The van der Waals surface area contributed by atoms with E-state index in [0.29, 0.717) is 30.7 Å². The number of aromatic nitrogens is 4. The van der Waals surface area contributed by atoms with E-state index in [1.807, 2.05) is 25.3 Å². The maximum Gasteiger partial charge on any atom is 0.227 e. The Morgan fingerprint density at radius 2 is 1.90 bits per heavy atom. The fraction of sp³-hybridized carbons (Fsp3) is 0.448. The molecule has 2 atom stereocenters. The minimum Gasteiger partial charge on any atom is -0.371 e. The van der Waals surface area contributed by atoms with Crippen LogP contribution in [0.5, 0.6) is 0 Å². The first-order valence-corrected chi connectivity index (χ1v) is 14.7. The molecule has 0 spiro atoms. The topological polar surface area (TPSA) is 73.3 Å². The number of piperidine rings is 1. The smallest absolute Gasteiger partial charge is 0.227 e. The molecule has 1 aromatic carbocycles. The highest BCUT2D eigenvalue weighted by Crippen LogP contribution is 2.35. The normalized spacial score (nSPS) is 21.8. The minimum absolute atomic E-state index is 0.488. The molecule has 10 heteroatoms. The molecular formula is C29H33FN8S. The summed E-state index contributed by atoms with van der Waals surface area (Å²) in [4.78, 5) is 26.4. The first-order chi connectivity index (χ1) is 19.0. The van der Waals surface area contributed by atoms with Gasteiger partial charge < -0.3 is 15.1 Å². The van der Waals surface area contributed by atoms with Crippen molar-refractivity contribution < 1.29 is 4.39 Å². The second-order valence-electron chi connectivity index (χ2n) is 10.9. The van der Waals surface area contributed by atoms with Crippen LogP contribution in [-0.4, -0.2) is 75.8 Å². The molecular weight excluding hydrogens is 511 g/mol. The van der Waals surface area contributed by atoms with Gasteiger partial charge in [-0.05, 0) is 44.9 Å². The monoisotopic (exact) mass is 544 g/mol. The highest BCUT2D eigenvalue weighted by Gasteiger charge is 2.43. The van der Waals surface area contributed by atoms with Gasteiger partial charge in [0.25, 0.3) is 0 Å². The molecule has 7 rings (SSSR count). The third-order valence-corrected chi connectivity index (χ3v) is 9.33. The number of alkyl halides is 1. The predicted octanol–water partition coefficient (Wildman–Crippen LogP) is 5.42. The van der Waals surface area contributed by atoms with Crippen LogP contribution in [0.1, 0.15) is 31.9 Å². The number of aryl methyl sites for hydroxylation is 1. The van der Waals surface area contributed by atoms with Crippen molar-refractivity contribution in [2.45, 2.75) is 51.4 Å². The van der Waals surface area contributed by atoms with Crippen LogP contribution in [-0.2, 0) is 0 Å². The molecule has 8 nitrogen and oxygen atoms in total. The lowest BCUT2D eigenvalue weighted by Crippen LogP contribution is -2.46. The number of likely N-dealkylation sites (N-methyl/N-ethyl adjacent to an activating group) is 1. The van der Waals surface area contributed by atoms with Crippen LogP contribution in [0.25, 0.3) is 20.8 Å². The molecule has 1 N–H and O–H groups in total. The first-order valence-electron chi connectivity index (χ1n) is 13.9. The highest BCUT2D eigenvalue weighted by atomic mass is 32.1. The summed E-state index contributed by atoms with van der Waals surface area (Å²) in [6, 6.07) is 13.5. The standard InChI is InChI=1S/C29H33FN8S/c1-3-36-16-23-13-22(36)17-38(23)29-32-18(2)11-27(35-29)34-26-14-24-25(15-31-26)39-28(33-24)19-5-4-6-21(12-19)37-9-7-20(30)8-10-37/h4-6,11-12,14-15,20,22-23H,3,7-10,13,16-17H2,1-2H3,(H,31,32,34,35)/t22-,23-/m0/s1. The van der Waals surface area contributed by atoms with Gasteiger partial charge in [0.2, 0.25) is 5.95 Å². The van der Waals surface area contributed by atoms with Crippen molar-refractivity contribution in [3.63, 3.8) is 0 Å². The lowest BCUT2D eigenvalue weighted by molar-refractivity contribution is 0.250. The lowest BCUT2D eigenvalue weighted by atomic mass is 10.1. The number of halogens is 1. The Hall–Kier alpha value is -3.37. The molecule has 3 aromatic heterocycles. The number of nitrogens with zero attached hydrogens (tertiary/aromatic N) is 7. The number of fused-ring (bicyclic) bond motifs is 3. The lowest BCUT2D eigenvalue weighted by Gasteiger charge is -2.33. The van der Waals surface area contributed by atoms with Gasteiger partial charge >= 0.3 is 0 Å². The number of rotatable bonds is 6.